The number of aromatic nitrogens is 4. The van der Waals surface area contributed by atoms with Crippen LogP contribution in [0, 0.1) is 0 Å². The largest absolute Gasteiger partial charge is 0.427 e. The Kier molecular flexibility index (Phi) is 1.84. The molecule has 0 unspecified atom stereocenters. The van der Waals surface area contributed by atoms with Gasteiger partial charge in [-0.2, -0.15) is 9.71 Å². The molecule has 14 heavy (non-hydrogen) atoms. The lowest BCUT2D eigenvalue weighted by Crippen LogP contribution is -2.14. The van der Waals surface area contributed by atoms with Crippen LogP contribution < -0.4 is 10.9 Å². The molecule has 0 bridgehead atoms. The summed E-state index contributed by atoms with van der Waals surface area (Å²) in [6.45, 7) is 2.53. The maximum atomic E-state index is 11.4. The normalized spacial score (nSPS) is 10.6. The number of nitrogens with zero attached hydrogens (tertiary/aromatic N) is 3. The van der Waals surface area contributed by atoms with Crippen LogP contribution in [0.5, 0.6) is 0 Å². The molecular weight excluding hydrogens is 186 g/mol. The van der Waals surface area contributed by atoms with Gasteiger partial charge in [0.1, 0.15) is 6.33 Å². The summed E-state index contributed by atoms with van der Waals surface area (Å²) >= 11 is 0. The molecule has 0 spiro atoms. The molecule has 0 fully saturated rings. The molecule has 0 aliphatic carbocycles. The van der Waals surface area contributed by atoms with Gasteiger partial charge in [0.2, 0.25) is 5.95 Å². The van der Waals surface area contributed by atoms with Gasteiger partial charge in [0.25, 0.3) is 5.56 Å². The quantitative estimate of drug-likeness (QED) is 0.576. The van der Waals surface area contributed by atoms with Crippen molar-refractivity contribution in [1.29, 1.82) is 0 Å². The number of hydrogen-bond acceptors (Lipinski definition) is 5. The highest BCUT2D eigenvalue weighted by Crippen LogP contribution is 2.04. The average Bonchev–Trinajstić information content (AvgIpc) is 2.48. The van der Waals surface area contributed by atoms with E-state index < -0.39 is 5.56 Å². The highest BCUT2D eigenvalue weighted by atomic mass is 16.5. The molecule has 2 rings (SSSR count). The Labute approximate surface area is 78.4 Å². The summed E-state index contributed by atoms with van der Waals surface area (Å²) in [7, 11) is 0. The first-order valence-corrected chi connectivity index (χ1v) is 4.13. The van der Waals surface area contributed by atoms with Crippen molar-refractivity contribution >= 4 is 17.1 Å². The first-order chi connectivity index (χ1) is 6.72. The SMILES string of the molecule is CCNc1nc2ncn(O)c2c(=O)[nH]1. The monoisotopic (exact) mass is 195 g/mol. The molecule has 7 heteroatoms. The molecule has 0 radical (unpaired) electrons. The molecule has 0 saturated heterocycles. The average molecular weight is 195 g/mol. The number of rotatable bonds is 2. The predicted octanol–water partition coefficient (Wildman–Crippen LogP) is -0.211. The Morgan fingerprint density at radius 2 is 2.50 bits per heavy atom. The molecule has 2 aromatic rings. The molecule has 2 heterocycles. The fourth-order valence-corrected chi connectivity index (χ4v) is 1.17. The molecular formula is C7H9N5O2. The molecule has 2 aromatic heterocycles. The van der Waals surface area contributed by atoms with Gasteiger partial charge in [-0.1, -0.05) is 0 Å². The van der Waals surface area contributed by atoms with Gasteiger partial charge in [-0.25, -0.2) is 4.98 Å². The highest BCUT2D eigenvalue weighted by Gasteiger charge is 2.08. The second kappa shape index (κ2) is 3.02. The van der Waals surface area contributed by atoms with Crippen LogP contribution in [-0.2, 0) is 0 Å². The Balaban J connectivity index is 2.68. The minimum absolute atomic E-state index is 0.0478. The summed E-state index contributed by atoms with van der Waals surface area (Å²) in [5, 5.41) is 12.0. The van der Waals surface area contributed by atoms with E-state index in [1.54, 1.807) is 0 Å². The number of nitrogens with one attached hydrogen (secondary N) is 2. The van der Waals surface area contributed by atoms with Gasteiger partial charge in [-0.15, -0.1) is 0 Å². The maximum absolute atomic E-state index is 11.4. The maximum Gasteiger partial charge on any atom is 0.282 e. The summed E-state index contributed by atoms with van der Waals surface area (Å²) in [6.07, 6.45) is 1.13. The van der Waals surface area contributed by atoms with E-state index in [4.69, 9.17) is 0 Å². The standard InChI is InChI=1S/C7H9N5O2/c1-2-8-7-10-5-4(6(13)11-7)12(14)3-9-5/h3,14H,2H2,1H3,(H2,8,10,11,13). The Morgan fingerprint density at radius 3 is 3.21 bits per heavy atom. The van der Waals surface area contributed by atoms with Crippen LogP contribution in [0.3, 0.4) is 0 Å². The third-order valence-electron chi connectivity index (χ3n) is 1.74. The van der Waals surface area contributed by atoms with E-state index in [1.165, 1.54) is 0 Å². The Hall–Kier alpha value is -2.05. The third kappa shape index (κ3) is 1.18. The first kappa shape index (κ1) is 8.54. The number of anilines is 1. The van der Waals surface area contributed by atoms with Gasteiger partial charge in [0, 0.05) is 6.54 Å². The molecule has 7 nitrogen and oxygen atoms in total. The van der Waals surface area contributed by atoms with E-state index >= 15 is 0 Å². The number of imidazole rings is 1. The third-order valence-corrected chi connectivity index (χ3v) is 1.74. The van der Waals surface area contributed by atoms with Gasteiger partial charge >= 0.3 is 0 Å². The Bertz CT molecular complexity index is 514. The first-order valence-electron chi connectivity index (χ1n) is 4.13. The molecule has 0 amide bonds. The lowest BCUT2D eigenvalue weighted by atomic mass is 10.5. The van der Waals surface area contributed by atoms with Gasteiger partial charge in [-0.3, -0.25) is 9.78 Å². The minimum atomic E-state index is -0.425. The van der Waals surface area contributed by atoms with Crippen molar-refractivity contribution in [2.75, 3.05) is 11.9 Å². The molecule has 74 valence electrons. The van der Waals surface area contributed by atoms with Crippen molar-refractivity contribution in [3.63, 3.8) is 0 Å². The zero-order chi connectivity index (χ0) is 10.1. The second-order valence-electron chi connectivity index (χ2n) is 2.71. The van der Waals surface area contributed by atoms with E-state index in [2.05, 4.69) is 20.3 Å². The van der Waals surface area contributed by atoms with Crippen LogP contribution in [0.25, 0.3) is 11.2 Å². The van der Waals surface area contributed by atoms with Gasteiger partial charge in [0.15, 0.2) is 11.2 Å². The van der Waals surface area contributed by atoms with E-state index in [0.29, 0.717) is 17.2 Å². The van der Waals surface area contributed by atoms with Crippen molar-refractivity contribution < 1.29 is 5.21 Å². The number of fused-ring (bicyclic) bond motifs is 1. The minimum Gasteiger partial charge on any atom is -0.427 e. The van der Waals surface area contributed by atoms with E-state index in [1.807, 2.05) is 6.92 Å². The summed E-state index contributed by atoms with van der Waals surface area (Å²) in [5.74, 6) is 0.351. The van der Waals surface area contributed by atoms with Gasteiger partial charge in [0.05, 0.1) is 0 Å². The molecule has 0 saturated carbocycles. The van der Waals surface area contributed by atoms with Crippen molar-refractivity contribution in [1.82, 2.24) is 19.7 Å². The molecule has 0 atom stereocenters. The lowest BCUT2D eigenvalue weighted by Gasteiger charge is -2.00. The zero-order valence-electron chi connectivity index (χ0n) is 7.48. The second-order valence-corrected chi connectivity index (χ2v) is 2.71. The summed E-state index contributed by atoms with van der Waals surface area (Å²) < 4.78 is 0.650. The molecule has 3 N–H and O–H groups in total. The smallest absolute Gasteiger partial charge is 0.282 e. The number of H-pyrrole nitrogens is 1. The van der Waals surface area contributed by atoms with Gasteiger partial charge in [-0.05, 0) is 6.92 Å². The predicted molar refractivity (Wildman–Crippen MR) is 49.5 cm³/mol. The lowest BCUT2D eigenvalue weighted by molar-refractivity contribution is 0.197. The highest BCUT2D eigenvalue weighted by molar-refractivity contribution is 5.70. The fourth-order valence-electron chi connectivity index (χ4n) is 1.17. The van der Waals surface area contributed by atoms with Crippen molar-refractivity contribution in [3.05, 3.63) is 16.7 Å². The van der Waals surface area contributed by atoms with Crippen LogP contribution >= 0.6 is 0 Å². The molecule has 0 aliphatic heterocycles. The van der Waals surface area contributed by atoms with Crippen LogP contribution in [0.4, 0.5) is 5.95 Å². The molecule has 0 aliphatic rings. The summed E-state index contributed by atoms with van der Waals surface area (Å²) in [5.41, 5.74) is -0.162. The topological polar surface area (TPSA) is 95.8 Å². The van der Waals surface area contributed by atoms with Crippen LogP contribution in [0.2, 0.25) is 0 Å². The van der Waals surface area contributed by atoms with Crippen LogP contribution in [0.15, 0.2) is 11.1 Å². The fraction of sp³-hybridized carbons (Fsp3) is 0.286. The van der Waals surface area contributed by atoms with Crippen molar-refractivity contribution in [2.24, 2.45) is 0 Å². The van der Waals surface area contributed by atoms with E-state index in [-0.39, 0.29) is 11.2 Å². The zero-order valence-corrected chi connectivity index (χ0v) is 7.48. The van der Waals surface area contributed by atoms with Crippen molar-refractivity contribution in [2.45, 2.75) is 6.92 Å². The molecule has 0 aromatic carbocycles. The van der Waals surface area contributed by atoms with Crippen molar-refractivity contribution in [3.8, 4) is 0 Å². The number of aromatic amines is 1. The van der Waals surface area contributed by atoms with Crippen LogP contribution in [0.1, 0.15) is 6.92 Å². The summed E-state index contributed by atoms with van der Waals surface area (Å²) in [6, 6.07) is 0. The number of hydrogen-bond donors (Lipinski definition) is 3. The summed E-state index contributed by atoms with van der Waals surface area (Å²) in [4.78, 5) is 21.6. The van der Waals surface area contributed by atoms with Crippen LogP contribution in [-0.4, -0.2) is 31.4 Å². The van der Waals surface area contributed by atoms with E-state index in [9.17, 15) is 10.0 Å². The Morgan fingerprint density at radius 1 is 1.71 bits per heavy atom. The van der Waals surface area contributed by atoms with Gasteiger partial charge < -0.3 is 10.5 Å². The van der Waals surface area contributed by atoms with E-state index in [0.717, 1.165) is 6.33 Å².